The molecule has 1 aliphatic carbocycles. The first-order chi connectivity index (χ1) is 8.53. The number of hydrogen-bond donors (Lipinski definition) is 2. The van der Waals surface area contributed by atoms with Gasteiger partial charge in [0.1, 0.15) is 5.54 Å². The topological polar surface area (TPSA) is 66.4 Å². The number of benzene rings is 1. The van der Waals surface area contributed by atoms with Crippen LogP contribution in [0.2, 0.25) is 0 Å². The summed E-state index contributed by atoms with van der Waals surface area (Å²) in [5, 5.41) is 11.8. The Balaban J connectivity index is 2.01. The van der Waals surface area contributed by atoms with Crippen LogP contribution >= 0.6 is 15.9 Å². The lowest BCUT2D eigenvalue weighted by Crippen LogP contribution is -2.59. The fourth-order valence-electron chi connectivity index (χ4n) is 2.05. The first kappa shape index (κ1) is 13.1. The highest BCUT2D eigenvalue weighted by atomic mass is 79.9. The van der Waals surface area contributed by atoms with Gasteiger partial charge in [-0.25, -0.2) is 4.79 Å². The molecule has 1 amide bonds. The van der Waals surface area contributed by atoms with E-state index < -0.39 is 11.5 Å². The van der Waals surface area contributed by atoms with Crippen LogP contribution in [0.4, 0.5) is 0 Å². The van der Waals surface area contributed by atoms with Gasteiger partial charge >= 0.3 is 5.97 Å². The van der Waals surface area contributed by atoms with E-state index in [1.165, 1.54) is 0 Å². The third kappa shape index (κ3) is 2.56. The lowest BCUT2D eigenvalue weighted by molar-refractivity contribution is -0.151. The molecule has 2 N–H and O–H groups in total. The van der Waals surface area contributed by atoms with Gasteiger partial charge in [-0.1, -0.05) is 34.1 Å². The molecule has 18 heavy (non-hydrogen) atoms. The van der Waals surface area contributed by atoms with Crippen molar-refractivity contribution in [2.75, 3.05) is 0 Å². The highest BCUT2D eigenvalue weighted by Gasteiger charge is 2.45. The molecule has 1 aromatic carbocycles. The molecule has 0 unspecified atom stereocenters. The first-order valence-electron chi connectivity index (χ1n) is 5.81. The lowest BCUT2D eigenvalue weighted by Gasteiger charge is -2.38. The van der Waals surface area contributed by atoms with Crippen molar-refractivity contribution in [1.82, 2.24) is 5.32 Å². The number of carbonyl (C=O) groups is 2. The maximum Gasteiger partial charge on any atom is 0.329 e. The second-order valence-corrected chi connectivity index (χ2v) is 5.41. The van der Waals surface area contributed by atoms with Crippen molar-refractivity contribution in [3.63, 3.8) is 0 Å². The van der Waals surface area contributed by atoms with Crippen LogP contribution in [-0.2, 0) is 16.0 Å². The molecule has 1 fully saturated rings. The molecular formula is C13H14BrNO3. The Morgan fingerprint density at radius 1 is 1.33 bits per heavy atom. The molecule has 0 saturated heterocycles. The quantitative estimate of drug-likeness (QED) is 0.895. The van der Waals surface area contributed by atoms with Crippen molar-refractivity contribution in [2.45, 2.75) is 31.2 Å². The molecule has 4 nitrogen and oxygen atoms in total. The fraction of sp³-hybridized carbons (Fsp3) is 0.385. The average Bonchev–Trinajstić information content (AvgIpc) is 2.26. The molecule has 2 rings (SSSR count). The maximum atomic E-state index is 11.9. The SMILES string of the molecule is O=C(Cc1ccccc1Br)NC1(C(=O)O)CCC1. The Labute approximate surface area is 114 Å². The maximum absolute atomic E-state index is 11.9. The van der Waals surface area contributed by atoms with Gasteiger partial charge in [0, 0.05) is 4.47 Å². The van der Waals surface area contributed by atoms with E-state index in [0.717, 1.165) is 16.5 Å². The van der Waals surface area contributed by atoms with E-state index in [9.17, 15) is 9.59 Å². The molecule has 0 aliphatic heterocycles. The molecule has 0 heterocycles. The van der Waals surface area contributed by atoms with Gasteiger partial charge in [-0.3, -0.25) is 4.79 Å². The first-order valence-corrected chi connectivity index (χ1v) is 6.61. The number of amides is 1. The second-order valence-electron chi connectivity index (χ2n) is 4.56. The van der Waals surface area contributed by atoms with Crippen molar-refractivity contribution in [2.24, 2.45) is 0 Å². The minimum Gasteiger partial charge on any atom is -0.480 e. The molecule has 0 radical (unpaired) electrons. The number of carboxylic acids is 1. The van der Waals surface area contributed by atoms with Crippen molar-refractivity contribution in [3.05, 3.63) is 34.3 Å². The van der Waals surface area contributed by atoms with Crippen LogP contribution in [0.15, 0.2) is 28.7 Å². The van der Waals surface area contributed by atoms with Gasteiger partial charge in [0.2, 0.25) is 5.91 Å². The van der Waals surface area contributed by atoms with E-state index in [0.29, 0.717) is 12.8 Å². The van der Waals surface area contributed by atoms with Gasteiger partial charge in [-0.15, -0.1) is 0 Å². The summed E-state index contributed by atoms with van der Waals surface area (Å²) in [6.45, 7) is 0. The number of carbonyl (C=O) groups excluding carboxylic acids is 1. The molecule has 1 aromatic rings. The molecular weight excluding hydrogens is 298 g/mol. The summed E-state index contributed by atoms with van der Waals surface area (Å²) in [5.41, 5.74) is -0.173. The Bertz CT molecular complexity index is 483. The Morgan fingerprint density at radius 2 is 2.00 bits per heavy atom. The third-order valence-electron chi connectivity index (χ3n) is 3.30. The van der Waals surface area contributed by atoms with E-state index >= 15 is 0 Å². The summed E-state index contributed by atoms with van der Waals surface area (Å²) in [6, 6.07) is 7.43. The molecule has 5 heteroatoms. The second kappa shape index (κ2) is 5.10. The van der Waals surface area contributed by atoms with Crippen LogP contribution in [0.5, 0.6) is 0 Å². The molecule has 0 spiro atoms. The zero-order valence-corrected chi connectivity index (χ0v) is 11.4. The van der Waals surface area contributed by atoms with Gasteiger partial charge in [0.05, 0.1) is 6.42 Å². The summed E-state index contributed by atoms with van der Waals surface area (Å²) in [7, 11) is 0. The predicted octanol–water partition coefficient (Wildman–Crippen LogP) is 2.12. The molecule has 0 aromatic heterocycles. The predicted molar refractivity (Wildman–Crippen MR) is 70.2 cm³/mol. The Morgan fingerprint density at radius 3 is 2.50 bits per heavy atom. The van der Waals surface area contributed by atoms with E-state index in [-0.39, 0.29) is 12.3 Å². The van der Waals surface area contributed by atoms with E-state index in [1.807, 2.05) is 24.3 Å². The minimum atomic E-state index is -1.03. The number of hydrogen-bond acceptors (Lipinski definition) is 2. The Hall–Kier alpha value is -1.36. The largest absolute Gasteiger partial charge is 0.480 e. The average molecular weight is 312 g/mol. The minimum absolute atomic E-state index is 0.191. The highest BCUT2D eigenvalue weighted by Crippen LogP contribution is 2.32. The van der Waals surface area contributed by atoms with Gasteiger partial charge in [-0.2, -0.15) is 0 Å². The zero-order valence-electron chi connectivity index (χ0n) is 9.78. The summed E-state index contributed by atoms with van der Waals surface area (Å²) in [5.74, 6) is -1.18. The van der Waals surface area contributed by atoms with Crippen LogP contribution in [0.3, 0.4) is 0 Å². The van der Waals surface area contributed by atoms with Crippen LogP contribution in [-0.4, -0.2) is 22.5 Å². The van der Waals surface area contributed by atoms with E-state index in [2.05, 4.69) is 21.2 Å². The summed E-state index contributed by atoms with van der Waals surface area (Å²) in [6.07, 6.45) is 2.08. The monoisotopic (exact) mass is 311 g/mol. The molecule has 1 saturated carbocycles. The van der Waals surface area contributed by atoms with E-state index in [4.69, 9.17) is 5.11 Å². The Kier molecular flexibility index (Phi) is 3.71. The van der Waals surface area contributed by atoms with Crippen LogP contribution in [0.25, 0.3) is 0 Å². The van der Waals surface area contributed by atoms with Crippen LogP contribution < -0.4 is 5.32 Å². The molecule has 1 aliphatic rings. The van der Waals surface area contributed by atoms with Gasteiger partial charge in [0.15, 0.2) is 0 Å². The highest BCUT2D eigenvalue weighted by molar-refractivity contribution is 9.10. The van der Waals surface area contributed by atoms with Gasteiger partial charge < -0.3 is 10.4 Å². The van der Waals surface area contributed by atoms with Crippen LogP contribution in [0, 0.1) is 0 Å². The standard InChI is InChI=1S/C13H14BrNO3/c14-10-5-2-1-4-9(10)8-11(16)15-13(12(17)18)6-3-7-13/h1-2,4-5H,3,6-8H2,(H,15,16)(H,17,18). The van der Waals surface area contributed by atoms with Crippen molar-refractivity contribution in [3.8, 4) is 0 Å². The lowest BCUT2D eigenvalue weighted by atomic mass is 9.76. The van der Waals surface area contributed by atoms with Crippen molar-refractivity contribution < 1.29 is 14.7 Å². The van der Waals surface area contributed by atoms with Gasteiger partial charge in [0.25, 0.3) is 0 Å². The van der Waals surface area contributed by atoms with Gasteiger partial charge in [-0.05, 0) is 30.9 Å². The van der Waals surface area contributed by atoms with E-state index in [1.54, 1.807) is 0 Å². The van der Waals surface area contributed by atoms with Crippen molar-refractivity contribution in [1.29, 1.82) is 0 Å². The summed E-state index contributed by atoms with van der Waals surface area (Å²) < 4.78 is 0.859. The number of nitrogens with one attached hydrogen (secondary N) is 1. The molecule has 0 atom stereocenters. The van der Waals surface area contributed by atoms with Crippen LogP contribution in [0.1, 0.15) is 24.8 Å². The number of carboxylic acid groups (broad SMARTS) is 1. The number of rotatable bonds is 4. The normalized spacial score (nSPS) is 16.7. The fourth-order valence-corrected chi connectivity index (χ4v) is 2.47. The zero-order chi connectivity index (χ0) is 13.2. The molecule has 0 bridgehead atoms. The number of halogens is 1. The smallest absolute Gasteiger partial charge is 0.329 e. The molecule has 96 valence electrons. The summed E-state index contributed by atoms with van der Waals surface area (Å²) in [4.78, 5) is 23.0. The summed E-state index contributed by atoms with van der Waals surface area (Å²) >= 11 is 3.37. The number of aliphatic carboxylic acids is 1. The van der Waals surface area contributed by atoms with Crippen molar-refractivity contribution >= 4 is 27.8 Å². The third-order valence-corrected chi connectivity index (χ3v) is 4.08.